The van der Waals surface area contributed by atoms with Gasteiger partial charge in [-0.25, -0.2) is 9.07 Å². The molecule has 1 aliphatic heterocycles. The summed E-state index contributed by atoms with van der Waals surface area (Å²) in [6, 6.07) is 9.84. The Morgan fingerprint density at radius 1 is 1.03 bits per heavy atom. The van der Waals surface area contributed by atoms with Crippen LogP contribution < -0.4 is 20.3 Å². The number of nitrogens with one attached hydrogen (secondary N) is 1. The van der Waals surface area contributed by atoms with Gasteiger partial charge in [-0.2, -0.15) is 18.3 Å². The summed E-state index contributed by atoms with van der Waals surface area (Å²) in [5.41, 5.74) is -3.04. The molecule has 2 aromatic carbocycles. The van der Waals surface area contributed by atoms with Gasteiger partial charge >= 0.3 is 6.18 Å². The van der Waals surface area contributed by atoms with Gasteiger partial charge in [0.15, 0.2) is 11.5 Å². The fourth-order valence-electron chi connectivity index (χ4n) is 3.22. The number of benzene rings is 2. The van der Waals surface area contributed by atoms with Crippen molar-refractivity contribution in [2.45, 2.75) is 25.6 Å². The minimum absolute atomic E-state index is 0.0817. The number of anilines is 1. The number of rotatable bonds is 4. The Morgan fingerprint density at radius 2 is 1.76 bits per heavy atom. The van der Waals surface area contributed by atoms with Crippen LogP contribution >= 0.6 is 0 Å². The van der Waals surface area contributed by atoms with Crippen LogP contribution in [0.2, 0.25) is 0 Å². The molecule has 1 aromatic heterocycles. The molecular weight excluding hydrogens is 446 g/mol. The van der Waals surface area contributed by atoms with Gasteiger partial charge in [-0.1, -0.05) is 0 Å². The number of fused-ring (bicyclic) bond motifs is 1. The molecule has 1 N–H and O–H groups in total. The van der Waals surface area contributed by atoms with Gasteiger partial charge in [-0.15, -0.1) is 0 Å². The zero-order valence-corrected chi connectivity index (χ0v) is 17.4. The fourth-order valence-corrected chi connectivity index (χ4v) is 3.22. The number of ether oxygens (including phenoxy) is 2. The van der Waals surface area contributed by atoms with E-state index in [0.29, 0.717) is 34.9 Å². The number of carbonyl (C=O) groups is 1. The first kappa shape index (κ1) is 22.3. The van der Waals surface area contributed by atoms with E-state index in [9.17, 15) is 27.2 Å². The number of amides is 1. The molecule has 4 rings (SSSR count). The highest BCUT2D eigenvalue weighted by Crippen LogP contribution is 2.36. The van der Waals surface area contributed by atoms with E-state index in [-0.39, 0.29) is 12.5 Å². The molecule has 0 aliphatic carbocycles. The van der Waals surface area contributed by atoms with Crippen LogP contribution in [-0.4, -0.2) is 22.5 Å². The zero-order chi connectivity index (χ0) is 24.0. The first-order valence-corrected chi connectivity index (χ1v) is 9.66. The van der Waals surface area contributed by atoms with Crippen LogP contribution in [0.15, 0.2) is 53.3 Å². The van der Waals surface area contributed by atoms with E-state index in [0.717, 1.165) is 10.7 Å². The topological polar surface area (TPSA) is 82.5 Å². The van der Waals surface area contributed by atoms with Crippen molar-refractivity contribution < 1.29 is 31.8 Å². The molecule has 0 bridgehead atoms. The lowest BCUT2D eigenvalue weighted by atomic mass is 10.0. The third kappa shape index (κ3) is 4.26. The predicted molar refractivity (Wildman–Crippen MR) is 109 cm³/mol. The third-order valence-electron chi connectivity index (χ3n) is 5.08. The van der Waals surface area contributed by atoms with Crippen molar-refractivity contribution in [2.24, 2.45) is 0 Å². The van der Waals surface area contributed by atoms with Gasteiger partial charge in [0.25, 0.3) is 11.5 Å². The Balaban J connectivity index is 1.65. The standard InChI is InChI=1S/C22H17F4N3O4/c1-21(2,20(31)27-13-4-5-15(23)14(10-13)22(24,25)26)29-19(30)8-6-16(28-29)12-3-7-17-18(9-12)33-11-32-17/h3-10H,11H2,1-2H3,(H,27,31). The number of halogens is 4. The summed E-state index contributed by atoms with van der Waals surface area (Å²) in [4.78, 5) is 25.4. The van der Waals surface area contributed by atoms with Crippen LogP contribution in [0, 0.1) is 5.82 Å². The Morgan fingerprint density at radius 3 is 2.48 bits per heavy atom. The molecule has 1 aliphatic rings. The minimum atomic E-state index is -4.93. The van der Waals surface area contributed by atoms with E-state index in [1.807, 2.05) is 0 Å². The van der Waals surface area contributed by atoms with Crippen LogP contribution in [0.4, 0.5) is 23.2 Å². The lowest BCUT2D eigenvalue weighted by Crippen LogP contribution is -2.47. The highest BCUT2D eigenvalue weighted by molar-refractivity contribution is 5.96. The summed E-state index contributed by atoms with van der Waals surface area (Å²) in [5.74, 6) is -1.22. The summed E-state index contributed by atoms with van der Waals surface area (Å²) in [5, 5.41) is 6.58. The number of alkyl halides is 3. The summed E-state index contributed by atoms with van der Waals surface area (Å²) < 4.78 is 64.0. The predicted octanol–water partition coefficient (Wildman–Crippen LogP) is 4.17. The maximum atomic E-state index is 13.5. The van der Waals surface area contributed by atoms with Crippen LogP contribution in [0.25, 0.3) is 11.3 Å². The highest BCUT2D eigenvalue weighted by Gasteiger charge is 2.36. The SMILES string of the molecule is CC(C)(C(=O)Nc1ccc(F)c(C(F)(F)F)c1)n1nc(-c2ccc3c(c2)OCO3)ccc1=O. The van der Waals surface area contributed by atoms with Gasteiger partial charge in [0, 0.05) is 17.3 Å². The smallest absolute Gasteiger partial charge is 0.419 e. The van der Waals surface area contributed by atoms with E-state index in [2.05, 4.69) is 10.4 Å². The summed E-state index contributed by atoms with van der Waals surface area (Å²) in [6.45, 7) is 2.85. The molecule has 11 heteroatoms. The van der Waals surface area contributed by atoms with Gasteiger partial charge in [0.2, 0.25) is 6.79 Å². The molecule has 3 aromatic rings. The Hall–Kier alpha value is -3.89. The zero-order valence-electron chi connectivity index (χ0n) is 17.4. The average Bonchev–Trinajstić information content (AvgIpc) is 3.22. The fraction of sp³-hybridized carbons (Fsp3) is 0.227. The third-order valence-corrected chi connectivity index (χ3v) is 5.08. The van der Waals surface area contributed by atoms with Crippen molar-refractivity contribution in [2.75, 3.05) is 12.1 Å². The van der Waals surface area contributed by atoms with Gasteiger partial charge in [0.1, 0.15) is 11.4 Å². The second kappa shape index (κ2) is 7.91. The van der Waals surface area contributed by atoms with Crippen molar-refractivity contribution in [3.8, 4) is 22.8 Å². The maximum absolute atomic E-state index is 13.5. The molecule has 1 amide bonds. The number of nitrogens with zero attached hydrogens (tertiary/aromatic N) is 2. The number of aromatic nitrogens is 2. The molecule has 0 saturated heterocycles. The minimum Gasteiger partial charge on any atom is -0.454 e. The molecule has 0 spiro atoms. The monoisotopic (exact) mass is 463 g/mol. The average molecular weight is 463 g/mol. The number of hydrogen-bond donors (Lipinski definition) is 1. The van der Waals surface area contributed by atoms with Crippen LogP contribution in [-0.2, 0) is 16.5 Å². The Kier molecular flexibility index (Phi) is 5.35. The lowest BCUT2D eigenvalue weighted by Gasteiger charge is -2.25. The quantitative estimate of drug-likeness (QED) is 0.588. The molecule has 0 fully saturated rings. The molecule has 172 valence electrons. The number of carbonyl (C=O) groups excluding carboxylic acids is 1. The molecule has 33 heavy (non-hydrogen) atoms. The first-order chi connectivity index (χ1) is 15.5. The van der Waals surface area contributed by atoms with E-state index >= 15 is 0 Å². The first-order valence-electron chi connectivity index (χ1n) is 9.66. The largest absolute Gasteiger partial charge is 0.454 e. The summed E-state index contributed by atoms with van der Waals surface area (Å²) >= 11 is 0. The summed E-state index contributed by atoms with van der Waals surface area (Å²) in [7, 11) is 0. The van der Waals surface area contributed by atoms with E-state index in [4.69, 9.17) is 9.47 Å². The van der Waals surface area contributed by atoms with Crippen LogP contribution in [0.5, 0.6) is 11.5 Å². The highest BCUT2D eigenvalue weighted by atomic mass is 19.4. The normalized spacial score (nSPS) is 13.2. The van der Waals surface area contributed by atoms with E-state index < -0.39 is 34.6 Å². The Bertz CT molecular complexity index is 1300. The van der Waals surface area contributed by atoms with Gasteiger partial charge in [-0.05, 0) is 56.3 Å². The summed E-state index contributed by atoms with van der Waals surface area (Å²) in [6.07, 6.45) is -4.93. The molecule has 0 radical (unpaired) electrons. The van der Waals surface area contributed by atoms with Crippen molar-refractivity contribution in [1.29, 1.82) is 0 Å². The molecule has 0 unspecified atom stereocenters. The van der Waals surface area contributed by atoms with Crippen LogP contribution in [0.1, 0.15) is 19.4 Å². The van der Waals surface area contributed by atoms with Crippen molar-refractivity contribution in [1.82, 2.24) is 9.78 Å². The number of hydrogen-bond acceptors (Lipinski definition) is 5. The van der Waals surface area contributed by atoms with Gasteiger partial charge in [0.05, 0.1) is 11.3 Å². The molecule has 2 heterocycles. The van der Waals surface area contributed by atoms with Crippen LogP contribution in [0.3, 0.4) is 0 Å². The Labute approximate surface area is 184 Å². The van der Waals surface area contributed by atoms with Gasteiger partial charge < -0.3 is 14.8 Å². The molecule has 7 nitrogen and oxygen atoms in total. The lowest BCUT2D eigenvalue weighted by molar-refractivity contribution is -0.140. The molecule has 0 saturated carbocycles. The van der Waals surface area contributed by atoms with Gasteiger partial charge in [-0.3, -0.25) is 9.59 Å². The maximum Gasteiger partial charge on any atom is 0.419 e. The second-order valence-electron chi connectivity index (χ2n) is 7.74. The second-order valence-corrected chi connectivity index (χ2v) is 7.74. The van der Waals surface area contributed by atoms with E-state index in [1.54, 1.807) is 18.2 Å². The molecule has 0 atom stereocenters. The van der Waals surface area contributed by atoms with Crippen molar-refractivity contribution >= 4 is 11.6 Å². The van der Waals surface area contributed by atoms with E-state index in [1.165, 1.54) is 26.0 Å². The van der Waals surface area contributed by atoms with Crippen molar-refractivity contribution in [3.63, 3.8) is 0 Å². The van der Waals surface area contributed by atoms with Crippen molar-refractivity contribution in [3.05, 3.63) is 70.3 Å². The molecular formula is C22H17F4N3O4.